The fourth-order valence-electron chi connectivity index (χ4n) is 2.79. The van der Waals surface area contributed by atoms with Crippen molar-refractivity contribution in [1.29, 1.82) is 0 Å². The molecule has 0 aliphatic heterocycles. The zero-order valence-electron chi connectivity index (χ0n) is 17.7. The Hall–Kier alpha value is -3.02. The van der Waals surface area contributed by atoms with Crippen LogP contribution in [-0.4, -0.2) is 31.2 Å². The van der Waals surface area contributed by atoms with Crippen molar-refractivity contribution < 1.29 is 23.8 Å². The van der Waals surface area contributed by atoms with Gasteiger partial charge in [0.15, 0.2) is 12.7 Å². The molecule has 29 heavy (non-hydrogen) atoms. The molecule has 2 aromatic carbocycles. The Morgan fingerprint density at radius 3 is 2.17 bits per heavy atom. The SMILES string of the molecule is CCOc1ccc(OCC(=O)O[C@H](C)C(=O)Nc2c(C)cccc2C(C)C)cc1. The molecule has 1 atom stereocenters. The second-order valence-electron chi connectivity index (χ2n) is 7.01. The fourth-order valence-corrected chi connectivity index (χ4v) is 2.79. The zero-order chi connectivity index (χ0) is 21.4. The predicted octanol–water partition coefficient (Wildman–Crippen LogP) is 4.47. The molecular formula is C23H29NO5. The minimum Gasteiger partial charge on any atom is -0.494 e. The molecule has 0 aromatic heterocycles. The average molecular weight is 399 g/mol. The monoisotopic (exact) mass is 399 g/mol. The van der Waals surface area contributed by atoms with Gasteiger partial charge in [0.2, 0.25) is 0 Å². The number of aryl methyl sites for hydroxylation is 1. The maximum atomic E-state index is 12.5. The lowest BCUT2D eigenvalue weighted by atomic mass is 9.98. The van der Waals surface area contributed by atoms with Gasteiger partial charge < -0.3 is 19.5 Å². The Balaban J connectivity index is 1.88. The highest BCUT2D eigenvalue weighted by atomic mass is 16.6. The number of ether oxygens (including phenoxy) is 3. The van der Waals surface area contributed by atoms with Crippen molar-refractivity contribution in [3.05, 3.63) is 53.6 Å². The molecule has 1 amide bonds. The second-order valence-corrected chi connectivity index (χ2v) is 7.01. The van der Waals surface area contributed by atoms with Crippen LogP contribution in [0, 0.1) is 6.92 Å². The molecule has 156 valence electrons. The van der Waals surface area contributed by atoms with Gasteiger partial charge in [-0.1, -0.05) is 32.0 Å². The van der Waals surface area contributed by atoms with Crippen molar-refractivity contribution in [2.75, 3.05) is 18.5 Å². The van der Waals surface area contributed by atoms with Crippen molar-refractivity contribution >= 4 is 17.6 Å². The largest absolute Gasteiger partial charge is 0.494 e. The molecule has 1 N–H and O–H groups in total. The number of carbonyl (C=O) groups excluding carboxylic acids is 2. The van der Waals surface area contributed by atoms with E-state index in [-0.39, 0.29) is 18.4 Å². The summed E-state index contributed by atoms with van der Waals surface area (Å²) in [7, 11) is 0. The number of nitrogens with one attached hydrogen (secondary N) is 1. The van der Waals surface area contributed by atoms with Crippen LogP contribution in [0.3, 0.4) is 0 Å². The van der Waals surface area contributed by atoms with Crippen LogP contribution in [0.4, 0.5) is 5.69 Å². The number of para-hydroxylation sites is 1. The van der Waals surface area contributed by atoms with Gasteiger partial charge in [-0.15, -0.1) is 0 Å². The van der Waals surface area contributed by atoms with E-state index in [1.54, 1.807) is 24.3 Å². The summed E-state index contributed by atoms with van der Waals surface area (Å²) in [6.07, 6.45) is -0.939. The lowest BCUT2D eigenvalue weighted by Crippen LogP contribution is -2.32. The zero-order valence-corrected chi connectivity index (χ0v) is 17.7. The summed E-state index contributed by atoms with van der Waals surface area (Å²) < 4.78 is 16.0. The number of benzene rings is 2. The summed E-state index contributed by atoms with van der Waals surface area (Å²) >= 11 is 0. The predicted molar refractivity (Wildman–Crippen MR) is 113 cm³/mol. The number of amides is 1. The van der Waals surface area contributed by atoms with Crippen LogP contribution in [0.5, 0.6) is 11.5 Å². The topological polar surface area (TPSA) is 73.9 Å². The van der Waals surface area contributed by atoms with Gasteiger partial charge in [0.05, 0.1) is 6.61 Å². The quantitative estimate of drug-likeness (QED) is 0.630. The van der Waals surface area contributed by atoms with Gasteiger partial charge in [-0.2, -0.15) is 0 Å². The maximum Gasteiger partial charge on any atom is 0.344 e. The van der Waals surface area contributed by atoms with E-state index in [2.05, 4.69) is 19.2 Å². The molecule has 0 bridgehead atoms. The molecule has 0 saturated carbocycles. The first-order chi connectivity index (χ1) is 13.8. The normalized spacial score (nSPS) is 11.7. The molecule has 0 heterocycles. The summed E-state index contributed by atoms with van der Waals surface area (Å²) in [6, 6.07) is 12.8. The number of carbonyl (C=O) groups is 2. The van der Waals surface area contributed by atoms with E-state index in [1.807, 2.05) is 32.0 Å². The molecule has 0 saturated heterocycles. The van der Waals surface area contributed by atoms with E-state index in [0.29, 0.717) is 12.4 Å². The Morgan fingerprint density at radius 1 is 0.966 bits per heavy atom. The first kappa shape index (κ1) is 22.3. The summed E-state index contributed by atoms with van der Waals surface area (Å²) in [5.74, 6) is 0.505. The highest BCUT2D eigenvalue weighted by Crippen LogP contribution is 2.27. The summed E-state index contributed by atoms with van der Waals surface area (Å²) in [5.41, 5.74) is 2.76. The van der Waals surface area contributed by atoms with Crippen LogP contribution in [0.25, 0.3) is 0 Å². The van der Waals surface area contributed by atoms with E-state index in [0.717, 1.165) is 22.6 Å². The van der Waals surface area contributed by atoms with E-state index in [4.69, 9.17) is 14.2 Å². The second kappa shape index (κ2) is 10.5. The number of anilines is 1. The van der Waals surface area contributed by atoms with Gasteiger partial charge in [0.1, 0.15) is 11.5 Å². The summed E-state index contributed by atoms with van der Waals surface area (Å²) in [6.45, 7) is 9.79. The first-order valence-electron chi connectivity index (χ1n) is 9.77. The van der Waals surface area contributed by atoms with Gasteiger partial charge in [0.25, 0.3) is 5.91 Å². The van der Waals surface area contributed by atoms with E-state index in [9.17, 15) is 9.59 Å². The van der Waals surface area contributed by atoms with E-state index < -0.39 is 12.1 Å². The van der Waals surface area contributed by atoms with Crippen molar-refractivity contribution in [3.63, 3.8) is 0 Å². The van der Waals surface area contributed by atoms with Gasteiger partial charge >= 0.3 is 5.97 Å². The summed E-state index contributed by atoms with van der Waals surface area (Å²) in [4.78, 5) is 24.5. The molecule has 0 fully saturated rings. The van der Waals surface area contributed by atoms with Crippen LogP contribution in [0.2, 0.25) is 0 Å². The number of esters is 1. The van der Waals surface area contributed by atoms with Crippen LogP contribution < -0.4 is 14.8 Å². The van der Waals surface area contributed by atoms with Crippen LogP contribution in [0.1, 0.15) is 44.7 Å². The molecule has 0 aliphatic rings. The van der Waals surface area contributed by atoms with E-state index in [1.165, 1.54) is 6.92 Å². The van der Waals surface area contributed by atoms with Crippen LogP contribution >= 0.6 is 0 Å². The Morgan fingerprint density at radius 2 is 1.59 bits per heavy atom. The van der Waals surface area contributed by atoms with Gasteiger partial charge in [-0.05, 0) is 62.1 Å². The first-order valence-corrected chi connectivity index (χ1v) is 9.77. The molecule has 2 aromatic rings. The Bertz CT molecular complexity index is 830. The minimum absolute atomic E-state index is 0.255. The molecule has 6 heteroatoms. The van der Waals surface area contributed by atoms with Gasteiger partial charge in [-0.3, -0.25) is 4.79 Å². The number of hydrogen-bond acceptors (Lipinski definition) is 5. The lowest BCUT2D eigenvalue weighted by molar-refractivity contribution is -0.155. The van der Waals surface area contributed by atoms with Crippen molar-refractivity contribution in [2.24, 2.45) is 0 Å². The van der Waals surface area contributed by atoms with Crippen LogP contribution in [0.15, 0.2) is 42.5 Å². The standard InChI is InChI=1S/C23H29NO5/c1-6-27-18-10-12-19(13-11-18)28-14-21(25)29-17(5)23(26)24-22-16(4)8-7-9-20(22)15(2)3/h7-13,15,17H,6,14H2,1-5H3,(H,24,26)/t17-/m1/s1. The van der Waals surface area contributed by atoms with E-state index >= 15 is 0 Å². The van der Waals surface area contributed by atoms with Crippen molar-refractivity contribution in [3.8, 4) is 11.5 Å². The third kappa shape index (κ3) is 6.52. The molecule has 0 radical (unpaired) electrons. The lowest BCUT2D eigenvalue weighted by Gasteiger charge is -2.19. The smallest absolute Gasteiger partial charge is 0.344 e. The molecule has 2 rings (SSSR count). The highest BCUT2D eigenvalue weighted by Gasteiger charge is 2.20. The Kier molecular flexibility index (Phi) is 8.07. The van der Waals surface area contributed by atoms with Crippen molar-refractivity contribution in [1.82, 2.24) is 0 Å². The summed E-state index contributed by atoms with van der Waals surface area (Å²) in [5, 5.41) is 2.89. The van der Waals surface area contributed by atoms with Gasteiger partial charge in [0, 0.05) is 5.69 Å². The molecule has 6 nitrogen and oxygen atoms in total. The minimum atomic E-state index is -0.939. The molecule has 0 aliphatic carbocycles. The average Bonchev–Trinajstić information content (AvgIpc) is 2.69. The highest BCUT2D eigenvalue weighted by molar-refractivity contribution is 5.96. The maximum absolute atomic E-state index is 12.5. The molecule has 0 spiro atoms. The number of rotatable bonds is 9. The third-order valence-electron chi connectivity index (χ3n) is 4.34. The number of hydrogen-bond donors (Lipinski definition) is 1. The molecular weight excluding hydrogens is 370 g/mol. The Labute approximate surface area is 172 Å². The third-order valence-corrected chi connectivity index (χ3v) is 4.34. The molecule has 0 unspecified atom stereocenters. The van der Waals surface area contributed by atoms with Gasteiger partial charge in [-0.25, -0.2) is 4.79 Å². The fraction of sp³-hybridized carbons (Fsp3) is 0.391. The van der Waals surface area contributed by atoms with Crippen LogP contribution in [-0.2, 0) is 14.3 Å². The van der Waals surface area contributed by atoms with Crippen molar-refractivity contribution in [2.45, 2.75) is 46.6 Å².